The van der Waals surface area contributed by atoms with E-state index in [1.807, 2.05) is 50.2 Å². The first kappa shape index (κ1) is 16.2. The lowest BCUT2D eigenvalue weighted by Gasteiger charge is -2.13. The fraction of sp³-hybridized carbons (Fsp3) is 0.300. The van der Waals surface area contributed by atoms with Crippen LogP contribution in [-0.2, 0) is 0 Å². The molecule has 0 saturated heterocycles. The molecule has 0 spiro atoms. The first-order chi connectivity index (χ1) is 11.6. The van der Waals surface area contributed by atoms with E-state index in [9.17, 15) is 4.79 Å². The molecule has 2 aromatic carbocycles. The van der Waals surface area contributed by atoms with E-state index < -0.39 is 0 Å². The Bertz CT molecular complexity index is 976. The van der Waals surface area contributed by atoms with Crippen LogP contribution in [0.5, 0.6) is 0 Å². The standard InChI is InChI=1S/C20H22N2O2/c1-4-5-13-21-20-22(18-14(2)9-8-10-15(18)3)19(23)16-11-6-7-12-17(16)24-20/h6-12H,4-5,13H2,1-3H3. The molecule has 3 rings (SSSR count). The monoisotopic (exact) mass is 322 g/mol. The number of para-hydroxylation sites is 2. The summed E-state index contributed by atoms with van der Waals surface area (Å²) in [4.78, 5) is 17.7. The summed E-state index contributed by atoms with van der Waals surface area (Å²) in [5, 5.41) is 0.564. The lowest BCUT2D eigenvalue weighted by Crippen LogP contribution is -2.33. The van der Waals surface area contributed by atoms with E-state index in [2.05, 4.69) is 11.9 Å². The summed E-state index contributed by atoms with van der Waals surface area (Å²) in [6, 6.07) is 13.3. The van der Waals surface area contributed by atoms with Crippen molar-refractivity contribution in [2.24, 2.45) is 4.99 Å². The Balaban J connectivity index is 2.40. The molecule has 1 heterocycles. The third-order valence-corrected chi connectivity index (χ3v) is 4.13. The number of unbranched alkanes of at least 4 members (excludes halogenated alkanes) is 1. The van der Waals surface area contributed by atoms with E-state index in [4.69, 9.17) is 4.42 Å². The van der Waals surface area contributed by atoms with Gasteiger partial charge in [-0.25, -0.2) is 9.56 Å². The van der Waals surface area contributed by atoms with Crippen LogP contribution in [0.3, 0.4) is 0 Å². The molecule has 24 heavy (non-hydrogen) atoms. The summed E-state index contributed by atoms with van der Waals surface area (Å²) >= 11 is 0. The van der Waals surface area contributed by atoms with Crippen LogP contribution in [0.1, 0.15) is 30.9 Å². The van der Waals surface area contributed by atoms with Crippen molar-refractivity contribution < 1.29 is 4.42 Å². The lowest BCUT2D eigenvalue weighted by atomic mass is 10.1. The first-order valence-corrected chi connectivity index (χ1v) is 8.35. The van der Waals surface area contributed by atoms with Gasteiger partial charge in [0.05, 0.1) is 11.1 Å². The third kappa shape index (κ3) is 2.92. The zero-order valence-electron chi connectivity index (χ0n) is 14.4. The minimum Gasteiger partial charge on any atom is -0.425 e. The summed E-state index contributed by atoms with van der Waals surface area (Å²) in [6.07, 6.45) is 2.01. The Morgan fingerprint density at radius 3 is 2.46 bits per heavy atom. The van der Waals surface area contributed by atoms with Crippen molar-refractivity contribution in [2.75, 3.05) is 6.54 Å². The van der Waals surface area contributed by atoms with E-state index in [0.717, 1.165) is 29.7 Å². The summed E-state index contributed by atoms with van der Waals surface area (Å²) in [7, 11) is 0. The molecule has 0 saturated carbocycles. The zero-order chi connectivity index (χ0) is 17.1. The van der Waals surface area contributed by atoms with Crippen LogP contribution in [0.25, 0.3) is 16.7 Å². The Kier molecular flexibility index (Phi) is 4.65. The minimum atomic E-state index is -0.0931. The molecular formula is C20H22N2O2. The molecule has 0 unspecified atom stereocenters. The maximum Gasteiger partial charge on any atom is 0.304 e. The van der Waals surface area contributed by atoms with Crippen LogP contribution in [0, 0.1) is 13.8 Å². The van der Waals surface area contributed by atoms with E-state index in [0.29, 0.717) is 23.2 Å². The smallest absolute Gasteiger partial charge is 0.304 e. The molecule has 0 amide bonds. The topological polar surface area (TPSA) is 47.5 Å². The lowest BCUT2D eigenvalue weighted by molar-refractivity contribution is 0.474. The second-order valence-electron chi connectivity index (χ2n) is 6.00. The number of aromatic nitrogens is 1. The number of rotatable bonds is 4. The normalized spacial score (nSPS) is 12.0. The Morgan fingerprint density at radius 2 is 1.75 bits per heavy atom. The van der Waals surface area contributed by atoms with Crippen molar-refractivity contribution in [3.8, 4) is 5.69 Å². The van der Waals surface area contributed by atoms with Gasteiger partial charge in [-0.2, -0.15) is 0 Å². The van der Waals surface area contributed by atoms with E-state index in [1.165, 1.54) is 0 Å². The maximum atomic E-state index is 13.1. The highest BCUT2D eigenvalue weighted by molar-refractivity contribution is 5.75. The highest BCUT2D eigenvalue weighted by atomic mass is 16.3. The largest absolute Gasteiger partial charge is 0.425 e. The van der Waals surface area contributed by atoms with Crippen molar-refractivity contribution in [3.63, 3.8) is 0 Å². The van der Waals surface area contributed by atoms with E-state index in [1.54, 1.807) is 10.6 Å². The number of hydrogen-bond acceptors (Lipinski definition) is 3. The fourth-order valence-electron chi connectivity index (χ4n) is 2.87. The summed E-state index contributed by atoms with van der Waals surface area (Å²) in [6.45, 7) is 6.76. The van der Waals surface area contributed by atoms with Crippen LogP contribution < -0.4 is 11.2 Å². The minimum absolute atomic E-state index is 0.0931. The number of benzene rings is 2. The van der Waals surface area contributed by atoms with Crippen LogP contribution >= 0.6 is 0 Å². The van der Waals surface area contributed by atoms with Gasteiger partial charge in [-0.15, -0.1) is 0 Å². The number of nitrogens with zero attached hydrogens (tertiary/aromatic N) is 2. The van der Waals surface area contributed by atoms with Gasteiger partial charge in [-0.05, 0) is 43.5 Å². The van der Waals surface area contributed by atoms with Gasteiger partial charge >= 0.3 is 5.68 Å². The number of fused-ring (bicyclic) bond motifs is 1. The predicted molar refractivity (Wildman–Crippen MR) is 96.6 cm³/mol. The molecular weight excluding hydrogens is 300 g/mol. The van der Waals surface area contributed by atoms with Crippen molar-refractivity contribution in [1.82, 2.24) is 4.57 Å². The van der Waals surface area contributed by atoms with Crippen LogP contribution in [0.15, 0.2) is 56.7 Å². The highest BCUT2D eigenvalue weighted by Crippen LogP contribution is 2.17. The molecule has 0 radical (unpaired) electrons. The van der Waals surface area contributed by atoms with Gasteiger partial charge in [0.2, 0.25) is 0 Å². The van der Waals surface area contributed by atoms with E-state index in [-0.39, 0.29) is 5.56 Å². The number of aryl methyl sites for hydroxylation is 2. The molecule has 0 N–H and O–H groups in total. The van der Waals surface area contributed by atoms with Gasteiger partial charge in [0.1, 0.15) is 5.58 Å². The SMILES string of the molecule is CCCCN=c1oc2ccccc2c(=O)n1-c1c(C)cccc1C. The van der Waals surface area contributed by atoms with Crippen molar-refractivity contribution in [3.05, 3.63) is 69.6 Å². The summed E-state index contributed by atoms with van der Waals surface area (Å²) in [5.74, 6) is 0. The molecule has 4 nitrogen and oxygen atoms in total. The maximum absolute atomic E-state index is 13.1. The average molecular weight is 322 g/mol. The van der Waals surface area contributed by atoms with Gasteiger partial charge in [0, 0.05) is 6.54 Å². The Hall–Kier alpha value is -2.62. The van der Waals surface area contributed by atoms with Gasteiger partial charge in [0.15, 0.2) is 0 Å². The van der Waals surface area contributed by atoms with Crippen LogP contribution in [0.4, 0.5) is 0 Å². The molecule has 0 bridgehead atoms. The molecule has 124 valence electrons. The molecule has 1 aromatic heterocycles. The average Bonchev–Trinajstić information content (AvgIpc) is 2.57. The second-order valence-corrected chi connectivity index (χ2v) is 6.00. The third-order valence-electron chi connectivity index (χ3n) is 4.13. The molecule has 0 aliphatic carbocycles. The molecule has 3 aromatic rings. The zero-order valence-corrected chi connectivity index (χ0v) is 14.4. The highest BCUT2D eigenvalue weighted by Gasteiger charge is 2.13. The van der Waals surface area contributed by atoms with Gasteiger partial charge in [-0.1, -0.05) is 43.7 Å². The Morgan fingerprint density at radius 1 is 1.04 bits per heavy atom. The van der Waals surface area contributed by atoms with Crippen molar-refractivity contribution >= 4 is 11.0 Å². The molecule has 0 aliphatic rings. The van der Waals surface area contributed by atoms with Gasteiger partial charge in [-0.3, -0.25) is 4.79 Å². The molecule has 4 heteroatoms. The van der Waals surface area contributed by atoms with Crippen LogP contribution in [0.2, 0.25) is 0 Å². The first-order valence-electron chi connectivity index (χ1n) is 8.35. The second kappa shape index (κ2) is 6.87. The quantitative estimate of drug-likeness (QED) is 0.684. The summed E-state index contributed by atoms with van der Waals surface area (Å²) < 4.78 is 7.59. The van der Waals surface area contributed by atoms with Crippen LogP contribution in [-0.4, -0.2) is 11.1 Å². The van der Waals surface area contributed by atoms with Crippen molar-refractivity contribution in [1.29, 1.82) is 0 Å². The van der Waals surface area contributed by atoms with E-state index >= 15 is 0 Å². The molecule has 0 fully saturated rings. The Labute approximate surface area is 141 Å². The van der Waals surface area contributed by atoms with Crippen molar-refractivity contribution in [2.45, 2.75) is 33.6 Å². The number of hydrogen-bond donors (Lipinski definition) is 0. The molecule has 0 aliphatic heterocycles. The fourth-order valence-corrected chi connectivity index (χ4v) is 2.87. The predicted octanol–water partition coefficient (Wildman–Crippen LogP) is 3.90. The van der Waals surface area contributed by atoms with Gasteiger partial charge < -0.3 is 4.42 Å². The molecule has 0 atom stereocenters. The van der Waals surface area contributed by atoms with Gasteiger partial charge in [0.25, 0.3) is 5.56 Å². The summed E-state index contributed by atoms with van der Waals surface area (Å²) in [5.41, 5.74) is 3.74.